The van der Waals surface area contributed by atoms with Crippen LogP contribution in [0.15, 0.2) is 23.4 Å². The Morgan fingerprint density at radius 3 is 2.69 bits per heavy atom. The fourth-order valence-electron chi connectivity index (χ4n) is 4.39. The van der Waals surface area contributed by atoms with Crippen LogP contribution in [0, 0.1) is 0 Å². The summed E-state index contributed by atoms with van der Waals surface area (Å²) < 4.78 is 71.0. The predicted molar refractivity (Wildman–Crippen MR) is 126 cm³/mol. The quantitative estimate of drug-likeness (QED) is 0.485. The third-order valence-electron chi connectivity index (χ3n) is 6.62. The van der Waals surface area contributed by atoms with Gasteiger partial charge in [0.05, 0.1) is 17.9 Å². The highest BCUT2D eigenvalue weighted by Gasteiger charge is 2.42. The molecule has 0 aromatic carbocycles. The number of anilines is 1. The summed E-state index contributed by atoms with van der Waals surface area (Å²) in [5, 5.41) is 10.4. The van der Waals surface area contributed by atoms with Crippen molar-refractivity contribution >= 4 is 32.7 Å². The Hall–Kier alpha value is -2.29. The average molecular weight is 530 g/mol. The maximum atomic E-state index is 13.8. The zero-order valence-corrected chi connectivity index (χ0v) is 21.0. The summed E-state index contributed by atoms with van der Waals surface area (Å²) >= 11 is 0.722. The molecule has 2 fully saturated rings. The molecule has 2 N–H and O–H groups in total. The van der Waals surface area contributed by atoms with Crippen molar-refractivity contribution in [2.75, 3.05) is 18.1 Å². The molecule has 4 heterocycles. The van der Waals surface area contributed by atoms with E-state index in [-0.39, 0.29) is 22.0 Å². The van der Waals surface area contributed by atoms with E-state index in [1.165, 1.54) is 12.4 Å². The molecule has 3 aromatic rings. The molecule has 5 rings (SSSR count). The van der Waals surface area contributed by atoms with Gasteiger partial charge in [-0.25, -0.2) is 31.3 Å². The van der Waals surface area contributed by atoms with Gasteiger partial charge < -0.3 is 10.2 Å². The van der Waals surface area contributed by atoms with Crippen LogP contribution in [-0.4, -0.2) is 64.9 Å². The van der Waals surface area contributed by atoms with Crippen molar-refractivity contribution < 1.29 is 21.6 Å². The summed E-state index contributed by atoms with van der Waals surface area (Å²) in [6.07, 6.45) is 1.59. The number of aromatic nitrogens is 4. The van der Waals surface area contributed by atoms with Gasteiger partial charge in [-0.15, -0.1) is 10.2 Å². The Bertz CT molecular complexity index is 1360. The summed E-state index contributed by atoms with van der Waals surface area (Å²) in [4.78, 5) is 6.43. The molecule has 3 atom stereocenters. The lowest BCUT2D eigenvalue weighted by Gasteiger charge is -2.43. The lowest BCUT2D eigenvalue weighted by atomic mass is 10.0. The summed E-state index contributed by atoms with van der Waals surface area (Å²) in [7, 11) is -3.91. The van der Waals surface area contributed by atoms with Crippen LogP contribution >= 0.6 is 11.3 Å². The fraction of sp³-hybridized carbons (Fsp3) is 0.571. The summed E-state index contributed by atoms with van der Waals surface area (Å²) in [5.41, 5.74) is 0.785. The zero-order valence-electron chi connectivity index (χ0n) is 19.4. The molecule has 0 bridgehead atoms. The van der Waals surface area contributed by atoms with Gasteiger partial charge in [-0.05, 0) is 39.7 Å². The van der Waals surface area contributed by atoms with Gasteiger partial charge in [0.15, 0.2) is 15.7 Å². The highest BCUT2D eigenvalue weighted by molar-refractivity contribution is 7.89. The maximum absolute atomic E-state index is 13.8. The Kier molecular flexibility index (Phi) is 6.05. The number of halogens is 3. The van der Waals surface area contributed by atoms with Crippen LogP contribution in [0.2, 0.25) is 0 Å². The molecule has 190 valence electrons. The van der Waals surface area contributed by atoms with Crippen LogP contribution in [0.25, 0.3) is 16.3 Å². The Morgan fingerprint density at radius 2 is 2.06 bits per heavy atom. The first-order valence-electron chi connectivity index (χ1n) is 11.3. The first-order chi connectivity index (χ1) is 16.5. The van der Waals surface area contributed by atoms with E-state index in [1.807, 2.05) is 25.7 Å². The molecular weight excluding hydrogens is 503 g/mol. The van der Waals surface area contributed by atoms with E-state index in [0.717, 1.165) is 24.2 Å². The molecule has 1 aliphatic carbocycles. The minimum Gasteiger partial charge on any atom is -0.363 e. The SMILES string of the molecule is C[C@@H]1[C@@H](CF)N[C@@H](C)CN1c1cc(S(=O)(=O)NC2(C)CC2)cn2c(-c3nnc(C(F)F)s3)cnc12. The maximum Gasteiger partial charge on any atom is 0.291 e. The second-order valence-corrected chi connectivity index (χ2v) is 12.2. The van der Waals surface area contributed by atoms with Gasteiger partial charge in [-0.3, -0.25) is 4.40 Å². The minimum atomic E-state index is -3.91. The molecule has 0 radical (unpaired) electrons. The number of fused-ring (bicyclic) bond motifs is 1. The Labute approximate surface area is 204 Å². The number of nitrogens with one attached hydrogen (secondary N) is 2. The smallest absolute Gasteiger partial charge is 0.291 e. The third kappa shape index (κ3) is 4.52. The summed E-state index contributed by atoms with van der Waals surface area (Å²) in [6.45, 7) is 5.55. The first kappa shape index (κ1) is 24.4. The van der Waals surface area contributed by atoms with Crippen molar-refractivity contribution in [3.63, 3.8) is 0 Å². The van der Waals surface area contributed by atoms with Crippen LogP contribution in [0.3, 0.4) is 0 Å². The lowest BCUT2D eigenvalue weighted by Crippen LogP contribution is -2.61. The van der Waals surface area contributed by atoms with Gasteiger partial charge in [0.2, 0.25) is 10.0 Å². The average Bonchev–Trinajstić information content (AvgIpc) is 3.18. The van der Waals surface area contributed by atoms with Crippen LogP contribution < -0.4 is 14.9 Å². The number of hydrogen-bond donors (Lipinski definition) is 2. The predicted octanol–water partition coefficient (Wildman–Crippen LogP) is 3.15. The molecule has 3 aromatic heterocycles. The molecule has 9 nitrogen and oxygen atoms in total. The van der Waals surface area contributed by atoms with E-state index >= 15 is 0 Å². The van der Waals surface area contributed by atoms with E-state index in [1.54, 1.807) is 10.5 Å². The van der Waals surface area contributed by atoms with Crippen LogP contribution in [0.1, 0.15) is 45.0 Å². The van der Waals surface area contributed by atoms with Crippen molar-refractivity contribution in [3.8, 4) is 10.7 Å². The van der Waals surface area contributed by atoms with Crippen molar-refractivity contribution in [1.29, 1.82) is 0 Å². The highest BCUT2D eigenvalue weighted by atomic mass is 32.2. The van der Waals surface area contributed by atoms with E-state index in [0.29, 0.717) is 23.6 Å². The number of alkyl halides is 3. The molecule has 14 heteroatoms. The number of imidazole rings is 1. The Balaban J connectivity index is 1.68. The number of hydrogen-bond acceptors (Lipinski definition) is 8. The molecular formula is C21H26F3N7O2S2. The minimum absolute atomic E-state index is 0.00107. The van der Waals surface area contributed by atoms with Crippen molar-refractivity contribution in [2.45, 2.75) is 68.6 Å². The largest absolute Gasteiger partial charge is 0.363 e. The fourth-order valence-corrected chi connectivity index (χ4v) is 6.58. The second kappa shape index (κ2) is 8.68. The highest BCUT2D eigenvalue weighted by Crippen LogP contribution is 2.38. The van der Waals surface area contributed by atoms with E-state index in [4.69, 9.17) is 0 Å². The van der Waals surface area contributed by atoms with Crippen LogP contribution in [0.4, 0.5) is 18.9 Å². The standard InChI is InChI=1S/C21H26F3N7O2S2/c1-11-9-30(12(2)14(7-22)26-11)15-6-13(35(32,33)29-21(3)4-5-21)10-31-16(8-25-18(15)31)19-27-28-20(34-19)17(23)24/h6,8,10-12,14,17,26,29H,4-5,7,9H2,1-3H3/t11-,12+,14+/m0/s1. The van der Waals surface area contributed by atoms with Crippen LogP contribution in [0.5, 0.6) is 0 Å². The second-order valence-electron chi connectivity index (χ2n) is 9.53. The van der Waals surface area contributed by atoms with Crippen LogP contribution in [-0.2, 0) is 10.0 Å². The number of piperazine rings is 1. The Morgan fingerprint density at radius 1 is 1.31 bits per heavy atom. The molecule has 35 heavy (non-hydrogen) atoms. The van der Waals surface area contributed by atoms with E-state index in [9.17, 15) is 21.6 Å². The monoisotopic (exact) mass is 529 g/mol. The van der Waals surface area contributed by atoms with E-state index < -0.39 is 39.7 Å². The molecule has 0 unspecified atom stereocenters. The third-order valence-corrected chi connectivity index (χ3v) is 9.18. The van der Waals surface area contributed by atoms with Gasteiger partial charge in [0, 0.05) is 30.4 Å². The lowest BCUT2D eigenvalue weighted by molar-refractivity contribution is 0.150. The van der Waals surface area contributed by atoms with Crippen molar-refractivity contribution in [3.05, 3.63) is 23.5 Å². The van der Waals surface area contributed by atoms with Gasteiger partial charge >= 0.3 is 0 Å². The number of pyridine rings is 1. The number of sulfonamides is 1. The topological polar surface area (TPSA) is 105 Å². The van der Waals surface area contributed by atoms with Gasteiger partial charge in [0.1, 0.15) is 17.3 Å². The van der Waals surface area contributed by atoms with Gasteiger partial charge in [0.25, 0.3) is 6.43 Å². The van der Waals surface area contributed by atoms with Gasteiger partial charge in [-0.1, -0.05) is 11.3 Å². The molecule has 1 saturated carbocycles. The van der Waals surface area contributed by atoms with E-state index in [2.05, 4.69) is 25.2 Å². The molecule has 1 saturated heterocycles. The number of rotatable bonds is 7. The number of nitrogens with zero attached hydrogens (tertiary/aromatic N) is 5. The first-order valence-corrected chi connectivity index (χ1v) is 13.6. The molecule has 1 aliphatic heterocycles. The summed E-state index contributed by atoms with van der Waals surface area (Å²) in [5.74, 6) is 0. The normalized spacial score (nSPS) is 24.4. The molecule has 0 amide bonds. The van der Waals surface area contributed by atoms with Crippen molar-refractivity contribution in [2.24, 2.45) is 0 Å². The molecule has 2 aliphatic rings. The zero-order chi connectivity index (χ0) is 25.1. The van der Waals surface area contributed by atoms with Gasteiger partial charge in [-0.2, -0.15) is 0 Å². The van der Waals surface area contributed by atoms with Crippen molar-refractivity contribution in [1.82, 2.24) is 29.6 Å². The summed E-state index contributed by atoms with van der Waals surface area (Å²) in [6, 6.07) is 0.754. The molecule has 0 spiro atoms.